The second kappa shape index (κ2) is 3.04. The van der Waals surface area contributed by atoms with Gasteiger partial charge in [-0.05, 0) is 25.0 Å². The quantitative estimate of drug-likeness (QED) is 0.747. The standard InChI is InChI=1S/C11H15NO/c1-7-3-4-11(13-2)9(5-7)8-6-10(8)12/h3-5,8,10H,6,12H2,1-2H3/t8-,10+/m0/s1. The van der Waals surface area contributed by atoms with Crippen molar-refractivity contribution in [2.45, 2.75) is 25.3 Å². The highest BCUT2D eigenvalue weighted by Crippen LogP contribution is 2.43. The summed E-state index contributed by atoms with van der Waals surface area (Å²) < 4.78 is 5.29. The topological polar surface area (TPSA) is 35.2 Å². The van der Waals surface area contributed by atoms with Gasteiger partial charge in [-0.3, -0.25) is 0 Å². The van der Waals surface area contributed by atoms with Crippen LogP contribution < -0.4 is 10.5 Å². The molecule has 0 saturated heterocycles. The smallest absolute Gasteiger partial charge is 0.122 e. The summed E-state index contributed by atoms with van der Waals surface area (Å²) in [5.41, 5.74) is 8.36. The zero-order valence-electron chi connectivity index (χ0n) is 8.08. The molecule has 1 aromatic rings. The second-order valence-corrected chi connectivity index (χ2v) is 3.75. The molecule has 1 fully saturated rings. The Morgan fingerprint density at radius 1 is 1.46 bits per heavy atom. The Balaban J connectivity index is 2.35. The predicted octanol–water partition coefficient (Wildman–Crippen LogP) is 1.82. The van der Waals surface area contributed by atoms with Gasteiger partial charge >= 0.3 is 0 Å². The molecule has 2 rings (SSSR count). The van der Waals surface area contributed by atoms with Gasteiger partial charge in [0.15, 0.2) is 0 Å². The molecule has 0 radical (unpaired) electrons. The molecule has 13 heavy (non-hydrogen) atoms. The van der Waals surface area contributed by atoms with Crippen LogP contribution in [0.3, 0.4) is 0 Å². The number of aryl methyl sites for hydroxylation is 1. The van der Waals surface area contributed by atoms with Crippen molar-refractivity contribution in [3.63, 3.8) is 0 Å². The second-order valence-electron chi connectivity index (χ2n) is 3.75. The summed E-state index contributed by atoms with van der Waals surface area (Å²) in [4.78, 5) is 0. The normalized spacial score (nSPS) is 25.8. The first-order valence-corrected chi connectivity index (χ1v) is 4.62. The molecule has 70 valence electrons. The lowest BCUT2D eigenvalue weighted by Crippen LogP contribution is -2.02. The Bertz CT molecular complexity index is 322. The summed E-state index contributed by atoms with van der Waals surface area (Å²) in [5, 5.41) is 0. The van der Waals surface area contributed by atoms with E-state index in [-0.39, 0.29) is 0 Å². The fourth-order valence-electron chi connectivity index (χ4n) is 1.72. The SMILES string of the molecule is COc1ccc(C)cc1[C@@H]1C[C@H]1N. The predicted molar refractivity (Wildman–Crippen MR) is 53.1 cm³/mol. The van der Waals surface area contributed by atoms with Gasteiger partial charge in [0.1, 0.15) is 5.75 Å². The Kier molecular flexibility index (Phi) is 2.00. The van der Waals surface area contributed by atoms with Crippen molar-refractivity contribution in [3.05, 3.63) is 29.3 Å². The summed E-state index contributed by atoms with van der Waals surface area (Å²) in [6.45, 7) is 2.09. The first kappa shape index (κ1) is 8.57. The Labute approximate surface area is 78.7 Å². The number of methoxy groups -OCH3 is 1. The number of rotatable bonds is 2. The average Bonchev–Trinajstić information content (AvgIpc) is 2.82. The van der Waals surface area contributed by atoms with Crippen LogP contribution in [0.2, 0.25) is 0 Å². The minimum atomic E-state index is 0.343. The highest BCUT2D eigenvalue weighted by molar-refractivity contribution is 5.43. The lowest BCUT2D eigenvalue weighted by atomic mass is 10.1. The van der Waals surface area contributed by atoms with Crippen molar-refractivity contribution in [3.8, 4) is 5.75 Å². The molecule has 0 aliphatic heterocycles. The van der Waals surface area contributed by atoms with Gasteiger partial charge in [0.2, 0.25) is 0 Å². The van der Waals surface area contributed by atoms with Gasteiger partial charge < -0.3 is 10.5 Å². The van der Waals surface area contributed by atoms with Crippen molar-refractivity contribution >= 4 is 0 Å². The van der Waals surface area contributed by atoms with Crippen LogP contribution in [0.15, 0.2) is 18.2 Å². The molecule has 0 aromatic heterocycles. The van der Waals surface area contributed by atoms with E-state index in [0.29, 0.717) is 12.0 Å². The Morgan fingerprint density at radius 3 is 2.69 bits per heavy atom. The number of ether oxygens (including phenoxy) is 1. The Hall–Kier alpha value is -1.02. The lowest BCUT2D eigenvalue weighted by Gasteiger charge is -2.08. The van der Waals surface area contributed by atoms with Gasteiger partial charge in [0.25, 0.3) is 0 Å². The van der Waals surface area contributed by atoms with Crippen LogP contribution in [-0.4, -0.2) is 13.2 Å². The van der Waals surface area contributed by atoms with E-state index in [1.54, 1.807) is 7.11 Å². The third kappa shape index (κ3) is 1.54. The van der Waals surface area contributed by atoms with E-state index in [1.165, 1.54) is 11.1 Å². The molecule has 1 saturated carbocycles. The monoisotopic (exact) mass is 177 g/mol. The molecule has 0 spiro atoms. The van der Waals surface area contributed by atoms with Gasteiger partial charge in [-0.15, -0.1) is 0 Å². The van der Waals surface area contributed by atoms with Crippen molar-refractivity contribution in [2.24, 2.45) is 5.73 Å². The maximum absolute atomic E-state index is 5.82. The summed E-state index contributed by atoms with van der Waals surface area (Å²) in [6.07, 6.45) is 1.10. The minimum absolute atomic E-state index is 0.343. The minimum Gasteiger partial charge on any atom is -0.496 e. The maximum atomic E-state index is 5.82. The van der Waals surface area contributed by atoms with Crippen LogP contribution in [0.5, 0.6) is 5.75 Å². The number of hydrogen-bond acceptors (Lipinski definition) is 2. The van der Waals surface area contributed by atoms with Gasteiger partial charge in [0, 0.05) is 12.0 Å². The van der Waals surface area contributed by atoms with Crippen molar-refractivity contribution < 1.29 is 4.74 Å². The third-order valence-corrected chi connectivity index (χ3v) is 2.62. The first-order valence-electron chi connectivity index (χ1n) is 4.62. The van der Waals surface area contributed by atoms with Gasteiger partial charge in [-0.2, -0.15) is 0 Å². The van der Waals surface area contributed by atoms with Crippen LogP contribution in [0, 0.1) is 6.92 Å². The molecule has 2 nitrogen and oxygen atoms in total. The van der Waals surface area contributed by atoms with E-state index in [0.717, 1.165) is 12.2 Å². The molecule has 0 bridgehead atoms. The highest BCUT2D eigenvalue weighted by Gasteiger charge is 2.36. The highest BCUT2D eigenvalue weighted by atomic mass is 16.5. The zero-order valence-corrected chi connectivity index (χ0v) is 8.08. The van der Waals surface area contributed by atoms with E-state index < -0.39 is 0 Å². The maximum Gasteiger partial charge on any atom is 0.122 e. The van der Waals surface area contributed by atoms with Crippen molar-refractivity contribution in [1.82, 2.24) is 0 Å². The van der Waals surface area contributed by atoms with E-state index >= 15 is 0 Å². The van der Waals surface area contributed by atoms with Crippen LogP contribution >= 0.6 is 0 Å². The summed E-state index contributed by atoms with van der Waals surface area (Å²) in [5.74, 6) is 1.50. The number of nitrogens with two attached hydrogens (primary N) is 1. The molecule has 1 aromatic carbocycles. The number of benzene rings is 1. The molecule has 0 amide bonds. The fourth-order valence-corrected chi connectivity index (χ4v) is 1.72. The number of hydrogen-bond donors (Lipinski definition) is 1. The molecular formula is C11H15NO. The van der Waals surface area contributed by atoms with Crippen LogP contribution in [0.4, 0.5) is 0 Å². The molecule has 1 aliphatic rings. The molecular weight excluding hydrogens is 162 g/mol. The molecule has 2 atom stereocenters. The summed E-state index contributed by atoms with van der Waals surface area (Å²) in [7, 11) is 1.71. The van der Waals surface area contributed by atoms with E-state index in [4.69, 9.17) is 10.5 Å². The van der Waals surface area contributed by atoms with Crippen LogP contribution in [0.25, 0.3) is 0 Å². The van der Waals surface area contributed by atoms with Crippen LogP contribution in [0.1, 0.15) is 23.5 Å². The Morgan fingerprint density at radius 2 is 2.15 bits per heavy atom. The van der Waals surface area contributed by atoms with E-state index in [9.17, 15) is 0 Å². The van der Waals surface area contributed by atoms with E-state index in [1.807, 2.05) is 6.07 Å². The van der Waals surface area contributed by atoms with Gasteiger partial charge in [-0.25, -0.2) is 0 Å². The fraction of sp³-hybridized carbons (Fsp3) is 0.455. The molecule has 2 N–H and O–H groups in total. The van der Waals surface area contributed by atoms with Crippen molar-refractivity contribution in [1.29, 1.82) is 0 Å². The molecule has 0 heterocycles. The van der Waals surface area contributed by atoms with Gasteiger partial charge in [0.05, 0.1) is 7.11 Å². The average molecular weight is 177 g/mol. The van der Waals surface area contributed by atoms with E-state index in [2.05, 4.69) is 19.1 Å². The summed E-state index contributed by atoms with van der Waals surface area (Å²) >= 11 is 0. The van der Waals surface area contributed by atoms with Gasteiger partial charge in [-0.1, -0.05) is 17.7 Å². The third-order valence-electron chi connectivity index (χ3n) is 2.62. The van der Waals surface area contributed by atoms with Crippen LogP contribution in [-0.2, 0) is 0 Å². The molecule has 1 aliphatic carbocycles. The molecule has 0 unspecified atom stereocenters. The largest absolute Gasteiger partial charge is 0.496 e. The zero-order chi connectivity index (χ0) is 9.42. The summed E-state index contributed by atoms with van der Waals surface area (Å²) in [6, 6.07) is 6.61. The lowest BCUT2D eigenvalue weighted by molar-refractivity contribution is 0.409. The van der Waals surface area contributed by atoms with Crippen molar-refractivity contribution in [2.75, 3.05) is 7.11 Å². The first-order chi connectivity index (χ1) is 6.22. The molecule has 2 heteroatoms.